The number of alkyl halides is 3. The second kappa shape index (κ2) is 7.45. The predicted molar refractivity (Wildman–Crippen MR) is 69.8 cm³/mol. The van der Waals surface area contributed by atoms with Crippen molar-refractivity contribution in [2.75, 3.05) is 23.3 Å². The molecule has 102 valence electrons. The minimum atomic E-state index is -2.42. The van der Waals surface area contributed by atoms with Crippen LogP contribution in [0.4, 0.5) is 14.6 Å². The highest BCUT2D eigenvalue weighted by molar-refractivity contribution is 9.09. The van der Waals surface area contributed by atoms with Gasteiger partial charge in [-0.05, 0) is 13.8 Å². The second-order valence-electron chi connectivity index (χ2n) is 3.91. The maximum atomic E-state index is 12.5. The van der Waals surface area contributed by atoms with Crippen LogP contribution in [0.1, 0.15) is 13.8 Å². The molecule has 1 heterocycles. The molecule has 0 radical (unpaired) electrons. The minimum Gasteiger partial charge on any atom is -0.474 e. The number of anilines is 1. The van der Waals surface area contributed by atoms with E-state index in [0.29, 0.717) is 23.6 Å². The molecule has 0 fully saturated rings. The topological polar surface area (TPSA) is 38.2 Å². The molecule has 0 saturated carbocycles. The van der Waals surface area contributed by atoms with Crippen molar-refractivity contribution in [3.63, 3.8) is 0 Å². The lowest BCUT2D eigenvalue weighted by molar-refractivity contribution is 0.155. The summed E-state index contributed by atoms with van der Waals surface area (Å²) in [6.07, 6.45) is 0.478. The molecule has 1 aromatic heterocycles. The number of nitrogens with zero attached hydrogens (tertiary/aromatic N) is 3. The number of halogens is 3. The summed E-state index contributed by atoms with van der Waals surface area (Å²) in [7, 11) is 0. The van der Waals surface area contributed by atoms with E-state index in [1.807, 2.05) is 13.8 Å². The highest BCUT2D eigenvalue weighted by Crippen LogP contribution is 2.16. The van der Waals surface area contributed by atoms with Crippen LogP contribution in [0, 0.1) is 0 Å². The van der Waals surface area contributed by atoms with Crippen molar-refractivity contribution in [1.29, 1.82) is 0 Å². The largest absolute Gasteiger partial charge is 0.474 e. The predicted octanol–water partition coefficient (Wildman–Crippen LogP) is 2.73. The third-order valence-corrected chi connectivity index (χ3v) is 2.35. The summed E-state index contributed by atoms with van der Waals surface area (Å²) >= 11 is 3.23. The van der Waals surface area contributed by atoms with E-state index in [2.05, 4.69) is 25.9 Å². The molecule has 0 spiro atoms. The first kappa shape index (κ1) is 15.1. The van der Waals surface area contributed by atoms with Gasteiger partial charge in [0.1, 0.15) is 0 Å². The Labute approximate surface area is 113 Å². The zero-order valence-electron chi connectivity index (χ0n) is 10.3. The molecule has 0 atom stereocenters. The standard InChI is InChI=1S/C11H16BrF2N3O/c1-8(2)18-11-6-15-5-10(16-11)17(4-3-12)7-9(13)14/h5-6,8-9H,3-4,7H2,1-2H3. The van der Waals surface area contributed by atoms with E-state index in [4.69, 9.17) is 4.74 Å². The maximum absolute atomic E-state index is 12.5. The molecule has 0 N–H and O–H groups in total. The van der Waals surface area contributed by atoms with Gasteiger partial charge in [-0.3, -0.25) is 4.98 Å². The molecule has 0 aliphatic heterocycles. The first-order valence-electron chi connectivity index (χ1n) is 5.60. The van der Waals surface area contributed by atoms with Crippen LogP contribution in [0.5, 0.6) is 5.88 Å². The Kier molecular flexibility index (Phi) is 6.24. The average Bonchev–Trinajstić information content (AvgIpc) is 2.27. The fraction of sp³-hybridized carbons (Fsp3) is 0.636. The van der Waals surface area contributed by atoms with Gasteiger partial charge in [0.2, 0.25) is 5.88 Å². The van der Waals surface area contributed by atoms with Gasteiger partial charge in [0.15, 0.2) is 5.82 Å². The van der Waals surface area contributed by atoms with Gasteiger partial charge in [0.25, 0.3) is 6.43 Å². The molecule has 0 aliphatic carbocycles. The lowest BCUT2D eigenvalue weighted by Crippen LogP contribution is -2.31. The van der Waals surface area contributed by atoms with Gasteiger partial charge in [-0.1, -0.05) is 15.9 Å². The third kappa shape index (κ3) is 5.12. The Morgan fingerprint density at radius 1 is 1.39 bits per heavy atom. The average molecular weight is 324 g/mol. The van der Waals surface area contributed by atoms with Crippen molar-refractivity contribution in [3.8, 4) is 5.88 Å². The first-order valence-corrected chi connectivity index (χ1v) is 6.72. The number of ether oxygens (including phenoxy) is 1. The Morgan fingerprint density at radius 3 is 2.67 bits per heavy atom. The van der Waals surface area contributed by atoms with Crippen LogP contribution >= 0.6 is 15.9 Å². The lowest BCUT2D eigenvalue weighted by Gasteiger charge is -2.22. The zero-order chi connectivity index (χ0) is 13.5. The lowest BCUT2D eigenvalue weighted by atomic mass is 10.4. The molecular formula is C11H16BrF2N3O. The highest BCUT2D eigenvalue weighted by Gasteiger charge is 2.14. The molecule has 0 bridgehead atoms. The van der Waals surface area contributed by atoms with E-state index in [1.165, 1.54) is 17.3 Å². The number of rotatable bonds is 7. The quantitative estimate of drug-likeness (QED) is 0.723. The summed E-state index contributed by atoms with van der Waals surface area (Å²) in [5, 5.41) is 0.580. The maximum Gasteiger partial charge on any atom is 0.255 e. The molecule has 1 aromatic rings. The molecule has 1 rings (SSSR count). The molecule has 0 aromatic carbocycles. The summed E-state index contributed by atoms with van der Waals surface area (Å²) in [6.45, 7) is 3.79. The van der Waals surface area contributed by atoms with Gasteiger partial charge >= 0.3 is 0 Å². The minimum absolute atomic E-state index is 0.0331. The van der Waals surface area contributed by atoms with Crippen molar-refractivity contribution in [3.05, 3.63) is 12.4 Å². The molecule has 7 heteroatoms. The van der Waals surface area contributed by atoms with E-state index in [0.717, 1.165) is 0 Å². The molecular weight excluding hydrogens is 308 g/mol. The fourth-order valence-corrected chi connectivity index (χ4v) is 1.79. The molecule has 0 saturated heterocycles. The SMILES string of the molecule is CC(C)Oc1cncc(N(CCBr)CC(F)F)n1. The number of hydrogen-bond donors (Lipinski definition) is 0. The molecule has 4 nitrogen and oxygen atoms in total. The summed E-state index contributed by atoms with van der Waals surface area (Å²) in [4.78, 5) is 9.60. The first-order chi connectivity index (χ1) is 8.52. The molecule has 18 heavy (non-hydrogen) atoms. The van der Waals surface area contributed by atoms with Crippen LogP contribution in [-0.4, -0.2) is 40.9 Å². The Hall–Kier alpha value is -0.980. The zero-order valence-corrected chi connectivity index (χ0v) is 11.9. The van der Waals surface area contributed by atoms with Gasteiger partial charge in [0.05, 0.1) is 25.0 Å². The Morgan fingerprint density at radius 2 is 2.11 bits per heavy atom. The molecule has 0 unspecified atom stereocenters. The van der Waals surface area contributed by atoms with Crippen LogP contribution in [-0.2, 0) is 0 Å². The molecule has 0 amide bonds. The van der Waals surface area contributed by atoms with Crippen LogP contribution in [0.2, 0.25) is 0 Å². The van der Waals surface area contributed by atoms with Crippen molar-refractivity contribution in [2.24, 2.45) is 0 Å². The second-order valence-corrected chi connectivity index (χ2v) is 4.70. The molecule has 0 aliphatic rings. The monoisotopic (exact) mass is 323 g/mol. The van der Waals surface area contributed by atoms with E-state index >= 15 is 0 Å². The van der Waals surface area contributed by atoms with Gasteiger partial charge in [0, 0.05) is 11.9 Å². The number of aromatic nitrogens is 2. The normalized spacial score (nSPS) is 11.1. The van der Waals surface area contributed by atoms with Gasteiger partial charge in [-0.2, -0.15) is 4.98 Å². The van der Waals surface area contributed by atoms with Gasteiger partial charge in [-0.15, -0.1) is 0 Å². The van der Waals surface area contributed by atoms with Crippen LogP contribution in [0.15, 0.2) is 12.4 Å². The summed E-state index contributed by atoms with van der Waals surface area (Å²) in [6, 6.07) is 0. The summed E-state index contributed by atoms with van der Waals surface area (Å²) in [5.41, 5.74) is 0. The van der Waals surface area contributed by atoms with Crippen molar-refractivity contribution >= 4 is 21.7 Å². The van der Waals surface area contributed by atoms with Crippen molar-refractivity contribution in [2.45, 2.75) is 26.4 Å². The van der Waals surface area contributed by atoms with Gasteiger partial charge in [-0.25, -0.2) is 8.78 Å². The smallest absolute Gasteiger partial charge is 0.255 e. The summed E-state index contributed by atoms with van der Waals surface area (Å²) < 4.78 is 30.3. The van der Waals surface area contributed by atoms with Crippen LogP contribution in [0.25, 0.3) is 0 Å². The highest BCUT2D eigenvalue weighted by atomic mass is 79.9. The third-order valence-electron chi connectivity index (χ3n) is 1.99. The van der Waals surface area contributed by atoms with E-state index in [-0.39, 0.29) is 12.6 Å². The Balaban J connectivity index is 2.83. The number of hydrogen-bond acceptors (Lipinski definition) is 4. The Bertz CT molecular complexity index is 366. The van der Waals surface area contributed by atoms with E-state index in [1.54, 1.807) is 0 Å². The van der Waals surface area contributed by atoms with Gasteiger partial charge < -0.3 is 9.64 Å². The van der Waals surface area contributed by atoms with E-state index < -0.39 is 6.43 Å². The van der Waals surface area contributed by atoms with E-state index in [9.17, 15) is 8.78 Å². The van der Waals surface area contributed by atoms with Crippen LogP contribution in [0.3, 0.4) is 0 Å². The fourth-order valence-electron chi connectivity index (χ4n) is 1.36. The van der Waals surface area contributed by atoms with Crippen molar-refractivity contribution in [1.82, 2.24) is 9.97 Å². The summed E-state index contributed by atoms with van der Waals surface area (Å²) in [5.74, 6) is 0.740. The van der Waals surface area contributed by atoms with Crippen LogP contribution < -0.4 is 9.64 Å². The van der Waals surface area contributed by atoms with Crippen molar-refractivity contribution < 1.29 is 13.5 Å².